The maximum atomic E-state index is 13.9. The van der Waals surface area contributed by atoms with Gasteiger partial charge in [-0.1, -0.05) is 18.2 Å². The van der Waals surface area contributed by atoms with Crippen LogP contribution in [0.15, 0.2) is 30.3 Å². The Morgan fingerprint density at radius 2 is 1.66 bits per heavy atom. The number of hydrogen-bond donors (Lipinski definition) is 0. The fourth-order valence-electron chi connectivity index (χ4n) is 6.48. The number of piperazine rings is 1. The molecule has 2 amide bonds. The number of Topliss-reactive ketones (excluding diaryl/α,β-unsaturated/α-hetero) is 1. The number of fused-ring (bicyclic) bond motifs is 5. The average Bonchev–Trinajstić information content (AvgIpc) is 2.96. The first kappa shape index (κ1) is 28.7. The van der Waals surface area contributed by atoms with Crippen LogP contribution in [0.5, 0.6) is 17.2 Å². The van der Waals surface area contributed by atoms with Gasteiger partial charge in [0, 0.05) is 19.2 Å². The number of piperidine rings is 1. The normalized spacial score (nSPS) is 23.4. The molecule has 3 aliphatic rings. The molecule has 0 N–H and O–H groups in total. The molecule has 3 heterocycles. The van der Waals surface area contributed by atoms with Gasteiger partial charge >= 0.3 is 6.18 Å². The minimum absolute atomic E-state index is 0.00604. The molecule has 0 spiro atoms. The average molecular weight is 577 g/mol. The number of alkyl halides is 3. The van der Waals surface area contributed by atoms with Gasteiger partial charge in [-0.2, -0.15) is 13.2 Å². The Hall–Kier alpha value is -3.80. The number of rotatable bonds is 7. The third kappa shape index (κ3) is 4.98. The Morgan fingerprint density at radius 1 is 0.976 bits per heavy atom. The molecule has 0 saturated carbocycles. The van der Waals surface area contributed by atoms with E-state index < -0.39 is 48.5 Å². The molecule has 2 saturated heterocycles. The second-order valence-electron chi connectivity index (χ2n) is 10.4. The van der Waals surface area contributed by atoms with E-state index in [1.165, 1.54) is 57.6 Å². The van der Waals surface area contributed by atoms with E-state index in [1.54, 1.807) is 11.0 Å². The Bertz CT molecular complexity index is 1350. The van der Waals surface area contributed by atoms with Crippen LogP contribution in [0.25, 0.3) is 0 Å². The van der Waals surface area contributed by atoms with Gasteiger partial charge in [0.15, 0.2) is 11.5 Å². The molecule has 2 unspecified atom stereocenters. The standard InChI is InChI=1S/C29H31F3N2O7/c1-38-21-11-17(12-22(39-2)26(21)41-4)24(35)28(37)34-19-6-5-7-20(34)27(36)33-14-16-9-8-15(13-29(30,31)32)10-18(16)25(40-3)23(19)33/h8-12,19-20,23,25H,5-7,13-14H2,1-4H3/t19?,20?,23-,25-/m0/s1. The number of hydrogen-bond acceptors (Lipinski definition) is 7. The zero-order chi connectivity index (χ0) is 29.6. The highest BCUT2D eigenvalue weighted by molar-refractivity contribution is 6.43. The van der Waals surface area contributed by atoms with E-state index in [2.05, 4.69) is 0 Å². The lowest BCUT2D eigenvalue weighted by Gasteiger charge is -2.57. The molecule has 9 nitrogen and oxygen atoms in total. The van der Waals surface area contributed by atoms with Gasteiger partial charge in [0.05, 0.1) is 39.8 Å². The minimum Gasteiger partial charge on any atom is -0.493 e. The number of carbonyl (C=O) groups is 3. The van der Waals surface area contributed by atoms with Crippen LogP contribution in [0.2, 0.25) is 0 Å². The number of amides is 2. The first-order valence-corrected chi connectivity index (χ1v) is 13.2. The summed E-state index contributed by atoms with van der Waals surface area (Å²) in [5, 5.41) is 0. The van der Waals surface area contributed by atoms with Crippen LogP contribution in [0.3, 0.4) is 0 Å². The summed E-state index contributed by atoms with van der Waals surface area (Å²) in [4.78, 5) is 44.3. The van der Waals surface area contributed by atoms with E-state index in [1.807, 2.05) is 0 Å². The Kier molecular flexibility index (Phi) is 7.62. The largest absolute Gasteiger partial charge is 0.493 e. The maximum absolute atomic E-state index is 13.9. The lowest BCUT2D eigenvalue weighted by molar-refractivity contribution is -0.173. The number of ketones is 1. The van der Waals surface area contributed by atoms with Crippen molar-refractivity contribution in [2.45, 2.75) is 62.6 Å². The molecule has 220 valence electrons. The zero-order valence-corrected chi connectivity index (χ0v) is 23.1. The first-order chi connectivity index (χ1) is 19.5. The lowest BCUT2D eigenvalue weighted by Crippen LogP contribution is -2.72. The summed E-state index contributed by atoms with van der Waals surface area (Å²) in [5.74, 6) is -1.37. The number of nitrogens with zero attached hydrogens (tertiary/aromatic N) is 2. The smallest absolute Gasteiger partial charge is 0.393 e. The second kappa shape index (κ2) is 10.9. The van der Waals surface area contributed by atoms with Crippen LogP contribution in [-0.2, 0) is 27.3 Å². The summed E-state index contributed by atoms with van der Waals surface area (Å²) < 4.78 is 61.2. The van der Waals surface area contributed by atoms with E-state index >= 15 is 0 Å². The highest BCUT2D eigenvalue weighted by atomic mass is 19.4. The highest BCUT2D eigenvalue weighted by Gasteiger charge is 2.56. The van der Waals surface area contributed by atoms with Gasteiger partial charge in [-0.3, -0.25) is 14.4 Å². The zero-order valence-electron chi connectivity index (χ0n) is 23.1. The predicted molar refractivity (Wildman–Crippen MR) is 139 cm³/mol. The van der Waals surface area contributed by atoms with Crippen LogP contribution < -0.4 is 14.2 Å². The van der Waals surface area contributed by atoms with Gasteiger partial charge < -0.3 is 28.7 Å². The van der Waals surface area contributed by atoms with Crippen molar-refractivity contribution >= 4 is 17.6 Å². The molecular formula is C29H31F3N2O7. The summed E-state index contributed by atoms with van der Waals surface area (Å²) in [6.07, 6.45) is -4.73. The van der Waals surface area contributed by atoms with Gasteiger partial charge in [0.2, 0.25) is 11.7 Å². The molecule has 2 aromatic carbocycles. The Morgan fingerprint density at radius 3 is 2.24 bits per heavy atom. The van der Waals surface area contributed by atoms with Crippen molar-refractivity contribution in [3.05, 3.63) is 52.6 Å². The van der Waals surface area contributed by atoms with Gasteiger partial charge in [0.25, 0.3) is 11.7 Å². The Labute approximate surface area is 235 Å². The molecule has 0 aromatic heterocycles. The minimum atomic E-state index is -4.38. The number of halogens is 3. The quantitative estimate of drug-likeness (QED) is 0.365. The number of benzene rings is 2. The van der Waals surface area contributed by atoms with E-state index in [0.717, 1.165) is 0 Å². The summed E-state index contributed by atoms with van der Waals surface area (Å²) >= 11 is 0. The van der Waals surface area contributed by atoms with Crippen LogP contribution in [0.4, 0.5) is 13.2 Å². The van der Waals surface area contributed by atoms with Crippen LogP contribution in [-0.4, -0.2) is 80.1 Å². The fourth-order valence-corrected chi connectivity index (χ4v) is 6.48. The van der Waals surface area contributed by atoms with Crippen molar-refractivity contribution in [2.75, 3.05) is 28.4 Å². The SMILES string of the molecule is COc1cc(C(=O)C(=O)N2C3CCCC2[C@H]2[C@@H](OC)c4cc(CC(F)(F)F)ccc4CN2C3=O)cc(OC)c1OC. The summed E-state index contributed by atoms with van der Waals surface area (Å²) in [5.41, 5.74) is 1.34. The number of carbonyl (C=O) groups excluding carboxylic acids is 3. The molecule has 2 bridgehead atoms. The molecule has 41 heavy (non-hydrogen) atoms. The van der Waals surface area contributed by atoms with Crippen molar-refractivity contribution in [1.82, 2.24) is 9.80 Å². The van der Waals surface area contributed by atoms with E-state index in [4.69, 9.17) is 18.9 Å². The monoisotopic (exact) mass is 576 g/mol. The summed E-state index contributed by atoms with van der Waals surface area (Å²) in [6.45, 7) is 0.181. The number of methoxy groups -OCH3 is 4. The lowest BCUT2D eigenvalue weighted by atomic mass is 9.77. The van der Waals surface area contributed by atoms with Crippen molar-refractivity contribution in [2.24, 2.45) is 0 Å². The third-order valence-corrected chi connectivity index (χ3v) is 8.17. The molecule has 4 atom stereocenters. The highest BCUT2D eigenvalue weighted by Crippen LogP contribution is 2.45. The van der Waals surface area contributed by atoms with Crippen molar-refractivity contribution in [3.63, 3.8) is 0 Å². The van der Waals surface area contributed by atoms with Gasteiger partial charge in [0.1, 0.15) is 12.1 Å². The molecule has 2 aromatic rings. The van der Waals surface area contributed by atoms with Crippen molar-refractivity contribution < 1.29 is 46.5 Å². The third-order valence-electron chi connectivity index (χ3n) is 8.17. The van der Waals surface area contributed by atoms with Crippen molar-refractivity contribution in [3.8, 4) is 17.2 Å². The molecule has 12 heteroatoms. The second-order valence-corrected chi connectivity index (χ2v) is 10.4. The number of ether oxygens (including phenoxy) is 4. The van der Waals surface area contributed by atoms with E-state index in [-0.39, 0.29) is 40.8 Å². The topological polar surface area (TPSA) is 94.6 Å². The van der Waals surface area contributed by atoms with Gasteiger partial charge in [-0.25, -0.2) is 0 Å². The summed E-state index contributed by atoms with van der Waals surface area (Å²) in [7, 11) is 5.63. The van der Waals surface area contributed by atoms with Crippen LogP contribution >= 0.6 is 0 Å². The van der Waals surface area contributed by atoms with E-state index in [0.29, 0.717) is 30.4 Å². The predicted octanol–water partition coefficient (Wildman–Crippen LogP) is 3.86. The molecular weight excluding hydrogens is 545 g/mol. The van der Waals surface area contributed by atoms with Crippen LogP contribution in [0.1, 0.15) is 52.4 Å². The van der Waals surface area contributed by atoms with Crippen molar-refractivity contribution in [1.29, 1.82) is 0 Å². The maximum Gasteiger partial charge on any atom is 0.393 e. The van der Waals surface area contributed by atoms with E-state index in [9.17, 15) is 27.6 Å². The fraction of sp³-hybridized carbons (Fsp3) is 0.483. The first-order valence-electron chi connectivity index (χ1n) is 13.2. The molecule has 5 rings (SSSR count). The molecule has 3 aliphatic heterocycles. The van der Waals surface area contributed by atoms with Gasteiger partial charge in [-0.05, 0) is 48.1 Å². The molecule has 0 radical (unpaired) electrons. The molecule has 2 fully saturated rings. The van der Waals surface area contributed by atoms with Gasteiger partial charge in [-0.15, -0.1) is 0 Å². The van der Waals surface area contributed by atoms with Crippen LogP contribution in [0, 0.1) is 0 Å². The molecule has 0 aliphatic carbocycles. The Balaban J connectivity index is 1.52. The summed E-state index contributed by atoms with van der Waals surface area (Å²) in [6, 6.07) is 5.17.